The van der Waals surface area contributed by atoms with Gasteiger partial charge < -0.3 is 10.4 Å². The van der Waals surface area contributed by atoms with E-state index in [9.17, 15) is 4.79 Å². The number of pyridine rings is 1. The highest BCUT2D eigenvalue weighted by molar-refractivity contribution is 5.88. The Morgan fingerprint density at radius 2 is 2.05 bits per heavy atom. The van der Waals surface area contributed by atoms with Gasteiger partial charge in [0.15, 0.2) is 0 Å². The Balaban J connectivity index is 2.30. The van der Waals surface area contributed by atoms with Gasteiger partial charge in [0.2, 0.25) is 0 Å². The summed E-state index contributed by atoms with van der Waals surface area (Å²) >= 11 is 0. The van der Waals surface area contributed by atoms with Crippen LogP contribution in [0.4, 0.5) is 11.5 Å². The van der Waals surface area contributed by atoms with Crippen LogP contribution in [-0.4, -0.2) is 16.1 Å². The number of carboxylic acids is 1. The van der Waals surface area contributed by atoms with Gasteiger partial charge in [-0.25, -0.2) is 9.78 Å². The lowest BCUT2D eigenvalue weighted by Crippen LogP contribution is -2.03. The summed E-state index contributed by atoms with van der Waals surface area (Å²) in [5.74, 6) is -0.503. The second kappa shape index (κ2) is 5.85. The molecule has 1 aromatic heterocycles. The predicted molar refractivity (Wildman–Crippen MR) is 75.0 cm³/mol. The van der Waals surface area contributed by atoms with E-state index in [4.69, 9.17) is 10.4 Å². The highest BCUT2D eigenvalue weighted by Crippen LogP contribution is 2.18. The van der Waals surface area contributed by atoms with Gasteiger partial charge in [0.1, 0.15) is 5.82 Å². The normalized spacial score (nSPS) is 9.80. The Kier molecular flexibility index (Phi) is 3.96. The standard InChI is InChI=1S/C15H13N3O2/c1-2-12-7-11(15(19)20)8-14(17-12)18-13-5-3-10(9-16)4-6-13/h3-8H,2H2,1H3,(H,17,18)(H,19,20). The third kappa shape index (κ3) is 3.12. The van der Waals surface area contributed by atoms with Crippen molar-refractivity contribution in [2.75, 3.05) is 5.32 Å². The summed E-state index contributed by atoms with van der Waals surface area (Å²) in [6.07, 6.45) is 0.656. The van der Waals surface area contributed by atoms with Crippen LogP contribution in [0.5, 0.6) is 0 Å². The first kappa shape index (κ1) is 13.6. The lowest BCUT2D eigenvalue weighted by atomic mass is 10.2. The Labute approximate surface area is 116 Å². The molecule has 0 atom stereocenters. The first-order chi connectivity index (χ1) is 9.62. The van der Waals surface area contributed by atoms with E-state index in [2.05, 4.69) is 10.3 Å². The third-order valence-corrected chi connectivity index (χ3v) is 2.77. The summed E-state index contributed by atoms with van der Waals surface area (Å²) in [6.45, 7) is 1.92. The lowest BCUT2D eigenvalue weighted by Gasteiger charge is -2.08. The second-order valence-electron chi connectivity index (χ2n) is 4.21. The maximum Gasteiger partial charge on any atom is 0.335 e. The highest BCUT2D eigenvalue weighted by atomic mass is 16.4. The maximum atomic E-state index is 11.1. The van der Waals surface area contributed by atoms with E-state index in [0.717, 1.165) is 5.69 Å². The maximum absolute atomic E-state index is 11.1. The monoisotopic (exact) mass is 267 g/mol. The van der Waals surface area contributed by atoms with E-state index >= 15 is 0 Å². The Hall–Kier alpha value is -2.87. The molecule has 0 aliphatic carbocycles. The van der Waals surface area contributed by atoms with E-state index in [-0.39, 0.29) is 5.56 Å². The largest absolute Gasteiger partial charge is 0.478 e. The van der Waals surface area contributed by atoms with Gasteiger partial charge in [-0.3, -0.25) is 0 Å². The van der Waals surface area contributed by atoms with Crippen molar-refractivity contribution in [3.05, 3.63) is 53.2 Å². The first-order valence-corrected chi connectivity index (χ1v) is 6.14. The molecular formula is C15H13N3O2. The van der Waals surface area contributed by atoms with Gasteiger partial charge >= 0.3 is 5.97 Å². The molecule has 5 heteroatoms. The quantitative estimate of drug-likeness (QED) is 0.889. The van der Waals surface area contributed by atoms with Crippen LogP contribution in [0.25, 0.3) is 0 Å². The van der Waals surface area contributed by atoms with E-state index in [1.165, 1.54) is 6.07 Å². The summed E-state index contributed by atoms with van der Waals surface area (Å²) < 4.78 is 0. The van der Waals surface area contributed by atoms with Crippen molar-refractivity contribution in [1.29, 1.82) is 5.26 Å². The molecule has 0 fully saturated rings. The number of aromatic nitrogens is 1. The van der Waals surface area contributed by atoms with Gasteiger partial charge in [0, 0.05) is 11.4 Å². The van der Waals surface area contributed by atoms with Crippen molar-refractivity contribution in [1.82, 2.24) is 4.98 Å². The molecule has 0 amide bonds. The molecule has 0 spiro atoms. The molecule has 1 heterocycles. The summed E-state index contributed by atoms with van der Waals surface area (Å²) in [7, 11) is 0. The smallest absolute Gasteiger partial charge is 0.335 e. The first-order valence-electron chi connectivity index (χ1n) is 6.14. The van der Waals surface area contributed by atoms with Crippen molar-refractivity contribution < 1.29 is 9.90 Å². The van der Waals surface area contributed by atoms with Crippen molar-refractivity contribution in [3.63, 3.8) is 0 Å². The van der Waals surface area contributed by atoms with Crippen molar-refractivity contribution in [2.45, 2.75) is 13.3 Å². The number of hydrogen-bond acceptors (Lipinski definition) is 4. The number of aromatic carboxylic acids is 1. The number of benzene rings is 1. The van der Waals surface area contributed by atoms with Gasteiger partial charge in [-0.15, -0.1) is 0 Å². The van der Waals surface area contributed by atoms with E-state index < -0.39 is 5.97 Å². The van der Waals surface area contributed by atoms with Crippen molar-refractivity contribution in [3.8, 4) is 6.07 Å². The number of carboxylic acid groups (broad SMARTS) is 1. The molecule has 2 aromatic rings. The summed E-state index contributed by atoms with van der Waals surface area (Å²) in [5.41, 5.74) is 2.23. The van der Waals surface area contributed by atoms with Crippen LogP contribution in [0.1, 0.15) is 28.5 Å². The molecule has 2 rings (SSSR count). The number of nitriles is 1. The zero-order valence-corrected chi connectivity index (χ0v) is 10.9. The summed E-state index contributed by atoms with van der Waals surface area (Å²) in [4.78, 5) is 15.4. The fraction of sp³-hybridized carbons (Fsp3) is 0.133. The SMILES string of the molecule is CCc1cc(C(=O)O)cc(Nc2ccc(C#N)cc2)n1. The van der Waals surface area contributed by atoms with Crippen LogP contribution in [0.2, 0.25) is 0 Å². The fourth-order valence-corrected chi connectivity index (χ4v) is 1.73. The lowest BCUT2D eigenvalue weighted by molar-refractivity contribution is 0.0696. The number of nitrogens with one attached hydrogen (secondary N) is 1. The molecule has 0 saturated carbocycles. The average Bonchev–Trinajstić information content (AvgIpc) is 2.47. The minimum atomic E-state index is -0.982. The van der Waals surface area contributed by atoms with Crippen molar-refractivity contribution >= 4 is 17.5 Å². The third-order valence-electron chi connectivity index (χ3n) is 2.77. The van der Waals surface area contributed by atoms with Crippen LogP contribution >= 0.6 is 0 Å². The van der Waals surface area contributed by atoms with Crippen molar-refractivity contribution in [2.24, 2.45) is 0 Å². The Morgan fingerprint density at radius 1 is 1.35 bits per heavy atom. The number of rotatable bonds is 4. The minimum absolute atomic E-state index is 0.202. The van der Waals surface area contributed by atoms with E-state index in [1.54, 1.807) is 30.3 Å². The topological polar surface area (TPSA) is 86.0 Å². The molecule has 5 nitrogen and oxygen atoms in total. The van der Waals surface area contributed by atoms with Gasteiger partial charge in [0.05, 0.1) is 17.2 Å². The molecule has 100 valence electrons. The van der Waals surface area contributed by atoms with Gasteiger partial charge in [0.25, 0.3) is 0 Å². The van der Waals surface area contributed by atoms with Gasteiger partial charge in [-0.05, 0) is 42.8 Å². The molecule has 20 heavy (non-hydrogen) atoms. The molecule has 0 bridgehead atoms. The molecule has 0 radical (unpaired) electrons. The molecule has 2 N–H and O–H groups in total. The highest BCUT2D eigenvalue weighted by Gasteiger charge is 2.08. The molecule has 0 aliphatic rings. The van der Waals surface area contributed by atoms with Gasteiger partial charge in [-0.2, -0.15) is 5.26 Å². The molecule has 0 unspecified atom stereocenters. The predicted octanol–water partition coefficient (Wildman–Crippen LogP) is 2.96. The fourth-order valence-electron chi connectivity index (χ4n) is 1.73. The zero-order valence-electron chi connectivity index (χ0n) is 10.9. The van der Waals surface area contributed by atoms with Crippen LogP contribution in [0, 0.1) is 11.3 Å². The Morgan fingerprint density at radius 3 is 2.60 bits per heavy atom. The Bertz CT molecular complexity index is 673. The minimum Gasteiger partial charge on any atom is -0.478 e. The second-order valence-corrected chi connectivity index (χ2v) is 4.21. The van der Waals surface area contributed by atoms with Gasteiger partial charge in [-0.1, -0.05) is 6.92 Å². The number of anilines is 2. The molecule has 0 saturated heterocycles. The van der Waals surface area contributed by atoms with E-state index in [0.29, 0.717) is 23.5 Å². The molecule has 0 aliphatic heterocycles. The number of aryl methyl sites for hydroxylation is 1. The molecule has 1 aromatic carbocycles. The number of nitrogens with zero attached hydrogens (tertiary/aromatic N) is 2. The van der Waals surface area contributed by atoms with Crippen LogP contribution < -0.4 is 5.32 Å². The molecular weight excluding hydrogens is 254 g/mol. The number of hydrogen-bond donors (Lipinski definition) is 2. The van der Waals surface area contributed by atoms with E-state index in [1.807, 2.05) is 13.0 Å². The summed E-state index contributed by atoms with van der Waals surface area (Å²) in [6, 6.07) is 12.0. The summed E-state index contributed by atoms with van der Waals surface area (Å²) in [5, 5.41) is 20.8. The number of carbonyl (C=O) groups is 1. The van der Waals surface area contributed by atoms with Crippen LogP contribution in [-0.2, 0) is 6.42 Å². The van der Waals surface area contributed by atoms with Crippen LogP contribution in [0.3, 0.4) is 0 Å². The average molecular weight is 267 g/mol. The zero-order chi connectivity index (χ0) is 14.5. The van der Waals surface area contributed by atoms with Crippen LogP contribution in [0.15, 0.2) is 36.4 Å².